The van der Waals surface area contributed by atoms with E-state index in [-0.39, 0.29) is 12.1 Å². The van der Waals surface area contributed by atoms with Gasteiger partial charge in [-0.3, -0.25) is 0 Å². The highest BCUT2D eigenvalue weighted by molar-refractivity contribution is 9.10. The SMILES string of the molecule is N#Cc1cc(Br)ccc1N1CC[C@](O)(C(F)(F)F)C1. The topological polar surface area (TPSA) is 47.3 Å². The van der Waals surface area contributed by atoms with Crippen LogP contribution >= 0.6 is 15.9 Å². The highest BCUT2D eigenvalue weighted by Gasteiger charge is 2.57. The molecule has 1 heterocycles. The molecule has 0 saturated carbocycles. The number of hydrogen-bond acceptors (Lipinski definition) is 3. The third-order valence-electron chi connectivity index (χ3n) is 3.20. The van der Waals surface area contributed by atoms with E-state index < -0.39 is 24.7 Å². The van der Waals surface area contributed by atoms with Crippen molar-refractivity contribution in [2.24, 2.45) is 0 Å². The Balaban J connectivity index is 2.30. The van der Waals surface area contributed by atoms with Crippen molar-refractivity contribution >= 4 is 21.6 Å². The Kier molecular flexibility index (Phi) is 3.49. The largest absolute Gasteiger partial charge is 0.418 e. The molecule has 0 radical (unpaired) electrons. The number of anilines is 1. The molecule has 7 heteroatoms. The molecule has 0 bridgehead atoms. The number of β-amino-alcohol motifs (C(OH)–C–C–N with tert-alkyl or cyclic N) is 1. The number of hydrogen-bond donors (Lipinski definition) is 1. The van der Waals surface area contributed by atoms with Gasteiger partial charge in [0, 0.05) is 17.4 Å². The maximum absolute atomic E-state index is 12.7. The van der Waals surface area contributed by atoms with Crippen LogP contribution in [0.15, 0.2) is 22.7 Å². The fourth-order valence-corrected chi connectivity index (χ4v) is 2.47. The second kappa shape index (κ2) is 4.69. The smallest absolute Gasteiger partial charge is 0.379 e. The molecule has 1 saturated heterocycles. The fourth-order valence-electron chi connectivity index (χ4n) is 2.10. The minimum absolute atomic E-state index is 0.0618. The van der Waals surface area contributed by atoms with Crippen LogP contribution in [0.4, 0.5) is 18.9 Å². The maximum atomic E-state index is 12.7. The van der Waals surface area contributed by atoms with E-state index in [0.29, 0.717) is 10.2 Å². The lowest BCUT2D eigenvalue weighted by molar-refractivity contribution is -0.250. The van der Waals surface area contributed by atoms with Crippen molar-refractivity contribution in [2.45, 2.75) is 18.2 Å². The summed E-state index contributed by atoms with van der Waals surface area (Å²) in [5.74, 6) is 0. The van der Waals surface area contributed by atoms with Crippen molar-refractivity contribution in [2.75, 3.05) is 18.0 Å². The quantitative estimate of drug-likeness (QED) is 0.859. The minimum Gasteiger partial charge on any atom is -0.379 e. The standard InChI is InChI=1S/C12H10BrF3N2O/c13-9-1-2-10(8(5-9)6-17)18-4-3-11(19,7-18)12(14,15)16/h1-2,5,19H,3-4,7H2/t11-/m1/s1. The summed E-state index contributed by atoms with van der Waals surface area (Å²) in [6.45, 7) is -0.487. The summed E-state index contributed by atoms with van der Waals surface area (Å²) in [5, 5.41) is 18.6. The average molecular weight is 335 g/mol. The molecule has 0 aliphatic carbocycles. The minimum atomic E-state index is -4.66. The van der Waals surface area contributed by atoms with Gasteiger partial charge in [0.05, 0.1) is 17.8 Å². The molecule has 1 atom stereocenters. The number of aliphatic hydroxyl groups is 1. The molecule has 1 aromatic carbocycles. The molecule has 0 aromatic heterocycles. The molecule has 0 unspecified atom stereocenters. The monoisotopic (exact) mass is 334 g/mol. The van der Waals surface area contributed by atoms with Crippen LogP contribution < -0.4 is 4.90 Å². The van der Waals surface area contributed by atoms with E-state index in [2.05, 4.69) is 15.9 Å². The van der Waals surface area contributed by atoms with Crippen LogP contribution in [0.25, 0.3) is 0 Å². The first-order chi connectivity index (χ1) is 8.77. The average Bonchev–Trinajstić information content (AvgIpc) is 2.72. The van der Waals surface area contributed by atoms with Crippen molar-refractivity contribution in [3.63, 3.8) is 0 Å². The normalized spacial score (nSPS) is 23.5. The molecule has 1 fully saturated rings. The van der Waals surface area contributed by atoms with Crippen molar-refractivity contribution in [1.82, 2.24) is 0 Å². The third kappa shape index (κ3) is 2.55. The van der Waals surface area contributed by atoms with Gasteiger partial charge in [0.25, 0.3) is 0 Å². The predicted molar refractivity (Wildman–Crippen MR) is 66.7 cm³/mol. The summed E-state index contributed by atoms with van der Waals surface area (Å²) in [5.41, 5.74) is -2.01. The Morgan fingerprint density at radius 1 is 1.42 bits per heavy atom. The molecule has 1 aromatic rings. The summed E-state index contributed by atoms with van der Waals surface area (Å²) >= 11 is 3.20. The molecule has 3 nitrogen and oxygen atoms in total. The Bertz CT molecular complexity index is 541. The molecule has 1 aliphatic heterocycles. The summed E-state index contributed by atoms with van der Waals surface area (Å²) in [7, 11) is 0. The molecular formula is C12H10BrF3N2O. The summed E-state index contributed by atoms with van der Waals surface area (Å²) in [4.78, 5) is 1.39. The zero-order valence-electron chi connectivity index (χ0n) is 9.71. The lowest BCUT2D eigenvalue weighted by atomic mass is 10.0. The lowest BCUT2D eigenvalue weighted by Crippen LogP contribution is -2.47. The molecule has 0 amide bonds. The number of benzene rings is 1. The highest BCUT2D eigenvalue weighted by Crippen LogP contribution is 2.40. The zero-order valence-corrected chi connectivity index (χ0v) is 11.3. The predicted octanol–water partition coefficient (Wildman–Crippen LogP) is 2.82. The Hall–Kier alpha value is -1.26. The van der Waals surface area contributed by atoms with Crippen molar-refractivity contribution in [1.29, 1.82) is 5.26 Å². The first-order valence-electron chi connectivity index (χ1n) is 5.50. The van der Waals surface area contributed by atoms with Crippen LogP contribution in [0.3, 0.4) is 0 Å². The number of nitriles is 1. The molecule has 102 valence electrons. The number of nitrogens with zero attached hydrogens (tertiary/aromatic N) is 2. The van der Waals surface area contributed by atoms with Gasteiger partial charge in [-0.15, -0.1) is 0 Å². The molecule has 0 spiro atoms. The van der Waals surface area contributed by atoms with E-state index in [4.69, 9.17) is 5.26 Å². The lowest BCUT2D eigenvalue weighted by Gasteiger charge is -2.27. The van der Waals surface area contributed by atoms with E-state index in [0.717, 1.165) is 0 Å². The van der Waals surface area contributed by atoms with Gasteiger partial charge in [-0.25, -0.2) is 0 Å². The highest BCUT2D eigenvalue weighted by atomic mass is 79.9. The van der Waals surface area contributed by atoms with Crippen molar-refractivity contribution in [3.05, 3.63) is 28.2 Å². The second-order valence-corrected chi connectivity index (χ2v) is 5.39. The van der Waals surface area contributed by atoms with Crippen LogP contribution in [-0.4, -0.2) is 30.0 Å². The van der Waals surface area contributed by atoms with Gasteiger partial charge in [-0.05, 0) is 18.2 Å². The van der Waals surface area contributed by atoms with E-state index in [9.17, 15) is 18.3 Å². The van der Waals surface area contributed by atoms with E-state index in [1.165, 1.54) is 4.90 Å². The summed E-state index contributed by atoms with van der Waals surface area (Å²) < 4.78 is 38.9. The fraction of sp³-hybridized carbons (Fsp3) is 0.417. The summed E-state index contributed by atoms with van der Waals surface area (Å²) in [6.07, 6.45) is -5.05. The van der Waals surface area contributed by atoms with Gasteiger partial charge in [0.15, 0.2) is 5.60 Å². The Morgan fingerprint density at radius 2 is 2.11 bits per heavy atom. The van der Waals surface area contributed by atoms with Crippen LogP contribution in [-0.2, 0) is 0 Å². The van der Waals surface area contributed by atoms with Crippen molar-refractivity contribution in [3.8, 4) is 6.07 Å². The van der Waals surface area contributed by atoms with Gasteiger partial charge in [-0.1, -0.05) is 15.9 Å². The third-order valence-corrected chi connectivity index (χ3v) is 3.69. The molecule has 1 aliphatic rings. The summed E-state index contributed by atoms with van der Waals surface area (Å²) in [6, 6.07) is 6.71. The molecule has 2 rings (SSSR count). The van der Waals surface area contributed by atoms with Crippen LogP contribution in [0.2, 0.25) is 0 Å². The van der Waals surface area contributed by atoms with Gasteiger partial charge in [-0.2, -0.15) is 18.4 Å². The van der Waals surface area contributed by atoms with Crippen LogP contribution in [0.1, 0.15) is 12.0 Å². The van der Waals surface area contributed by atoms with Gasteiger partial charge < -0.3 is 10.0 Å². The van der Waals surface area contributed by atoms with Crippen molar-refractivity contribution < 1.29 is 18.3 Å². The van der Waals surface area contributed by atoms with E-state index >= 15 is 0 Å². The van der Waals surface area contributed by atoms with E-state index in [1.807, 2.05) is 6.07 Å². The van der Waals surface area contributed by atoms with Crippen LogP contribution in [0, 0.1) is 11.3 Å². The second-order valence-electron chi connectivity index (χ2n) is 4.47. The first-order valence-corrected chi connectivity index (χ1v) is 6.30. The number of rotatable bonds is 1. The zero-order chi connectivity index (χ0) is 14.3. The first kappa shape index (κ1) is 14.2. The molecule has 19 heavy (non-hydrogen) atoms. The van der Waals surface area contributed by atoms with Gasteiger partial charge in [0.2, 0.25) is 0 Å². The maximum Gasteiger partial charge on any atom is 0.418 e. The van der Waals surface area contributed by atoms with Crippen LogP contribution in [0.5, 0.6) is 0 Å². The molecule has 1 N–H and O–H groups in total. The van der Waals surface area contributed by atoms with E-state index in [1.54, 1.807) is 18.2 Å². The van der Waals surface area contributed by atoms with Gasteiger partial charge >= 0.3 is 6.18 Å². The number of halogens is 4. The Labute approximate surface area is 116 Å². The molecular weight excluding hydrogens is 325 g/mol. The number of alkyl halides is 3. The van der Waals surface area contributed by atoms with Gasteiger partial charge in [0.1, 0.15) is 6.07 Å². The Morgan fingerprint density at radius 3 is 2.63 bits per heavy atom.